The average molecular weight is 336 g/mol. The molecule has 2 rings (SSSR count). The third-order valence-corrected chi connectivity index (χ3v) is 3.98. The van der Waals surface area contributed by atoms with Gasteiger partial charge in [-0.2, -0.15) is 5.10 Å². The molecule has 0 saturated carbocycles. The van der Waals surface area contributed by atoms with Gasteiger partial charge in [-0.3, -0.25) is 4.68 Å². The third kappa shape index (κ3) is 3.30. The molecular weight excluding hydrogens is 314 g/mol. The van der Waals surface area contributed by atoms with Crippen molar-refractivity contribution in [1.82, 2.24) is 15.1 Å². The van der Waals surface area contributed by atoms with Crippen molar-refractivity contribution in [2.45, 2.75) is 39.8 Å². The summed E-state index contributed by atoms with van der Waals surface area (Å²) < 4.78 is 3.19. The minimum atomic E-state index is 0.200. The molecule has 1 heterocycles. The molecule has 108 valence electrons. The normalized spacial score (nSPS) is 12.6. The Hall–Kier alpha value is -1.13. The molecule has 4 heteroatoms. The molecule has 0 fully saturated rings. The molecule has 1 aromatic heterocycles. The molecule has 0 aliphatic heterocycles. The van der Waals surface area contributed by atoms with Gasteiger partial charge in [-0.05, 0) is 56.1 Å². The van der Waals surface area contributed by atoms with Crippen molar-refractivity contribution in [2.75, 3.05) is 6.54 Å². The van der Waals surface area contributed by atoms with Gasteiger partial charge < -0.3 is 5.32 Å². The highest BCUT2D eigenvalue weighted by Gasteiger charge is 2.19. The Bertz CT molecular complexity index is 563. The van der Waals surface area contributed by atoms with E-state index in [1.807, 2.05) is 6.20 Å². The van der Waals surface area contributed by atoms with Gasteiger partial charge in [0.25, 0.3) is 0 Å². The van der Waals surface area contributed by atoms with Crippen LogP contribution in [0.2, 0.25) is 0 Å². The average Bonchev–Trinajstić information content (AvgIpc) is 2.89. The smallest absolute Gasteiger partial charge is 0.0750 e. The lowest BCUT2D eigenvalue weighted by molar-refractivity contribution is 0.528. The summed E-state index contributed by atoms with van der Waals surface area (Å²) in [6, 6.07) is 8.78. The standard InChI is InChI=1S/C16H22BrN3/c1-4-9-18-16(15-8-10-19-20(15)5-2)14-7-6-13(17)11-12(14)3/h6-8,10-11,16,18H,4-5,9H2,1-3H3. The maximum atomic E-state index is 4.40. The summed E-state index contributed by atoms with van der Waals surface area (Å²) in [6.45, 7) is 8.36. The fourth-order valence-electron chi connectivity index (χ4n) is 2.48. The molecule has 0 spiro atoms. The maximum Gasteiger partial charge on any atom is 0.0750 e. The second-order valence-electron chi connectivity index (χ2n) is 4.96. The van der Waals surface area contributed by atoms with Crippen molar-refractivity contribution in [3.8, 4) is 0 Å². The fourth-order valence-corrected chi connectivity index (χ4v) is 2.95. The van der Waals surface area contributed by atoms with Crippen LogP contribution in [-0.2, 0) is 6.54 Å². The summed E-state index contributed by atoms with van der Waals surface area (Å²) in [5.74, 6) is 0. The van der Waals surface area contributed by atoms with Crippen LogP contribution in [0.1, 0.15) is 43.1 Å². The van der Waals surface area contributed by atoms with E-state index in [2.05, 4.69) is 76.1 Å². The number of hydrogen-bond donors (Lipinski definition) is 1. The number of rotatable bonds is 6. The number of nitrogens with zero attached hydrogens (tertiary/aromatic N) is 2. The van der Waals surface area contributed by atoms with Gasteiger partial charge in [-0.25, -0.2) is 0 Å². The number of aryl methyl sites for hydroxylation is 2. The first kappa shape index (κ1) is 15.3. The Labute approximate surface area is 129 Å². The summed E-state index contributed by atoms with van der Waals surface area (Å²) >= 11 is 3.54. The van der Waals surface area contributed by atoms with Crippen LogP contribution in [0.15, 0.2) is 34.9 Å². The van der Waals surface area contributed by atoms with Gasteiger partial charge in [0.15, 0.2) is 0 Å². The highest BCUT2D eigenvalue weighted by molar-refractivity contribution is 9.10. The van der Waals surface area contributed by atoms with Gasteiger partial charge in [0.1, 0.15) is 0 Å². The van der Waals surface area contributed by atoms with Gasteiger partial charge in [-0.15, -0.1) is 0 Å². The molecule has 0 bridgehead atoms. The minimum absolute atomic E-state index is 0.200. The largest absolute Gasteiger partial charge is 0.305 e. The highest BCUT2D eigenvalue weighted by Crippen LogP contribution is 2.27. The third-order valence-electron chi connectivity index (χ3n) is 3.49. The van der Waals surface area contributed by atoms with Gasteiger partial charge in [0, 0.05) is 17.2 Å². The van der Waals surface area contributed by atoms with Crippen LogP contribution in [0.4, 0.5) is 0 Å². The summed E-state index contributed by atoms with van der Waals surface area (Å²) in [5.41, 5.74) is 3.83. The Balaban J connectivity index is 2.41. The summed E-state index contributed by atoms with van der Waals surface area (Å²) in [5, 5.41) is 8.05. The van der Waals surface area contributed by atoms with Crippen LogP contribution in [-0.4, -0.2) is 16.3 Å². The Kier molecular flexibility index (Phi) is 5.38. The van der Waals surface area contributed by atoms with Crippen molar-refractivity contribution in [3.05, 3.63) is 51.8 Å². The van der Waals surface area contributed by atoms with Crippen molar-refractivity contribution < 1.29 is 0 Å². The Morgan fingerprint density at radius 1 is 1.30 bits per heavy atom. The second kappa shape index (κ2) is 7.04. The molecule has 0 amide bonds. The van der Waals surface area contributed by atoms with E-state index in [0.717, 1.165) is 24.0 Å². The molecular formula is C16H22BrN3. The minimum Gasteiger partial charge on any atom is -0.305 e. The number of hydrogen-bond acceptors (Lipinski definition) is 2. The first-order chi connectivity index (χ1) is 9.67. The first-order valence-corrected chi connectivity index (χ1v) is 7.97. The number of aromatic nitrogens is 2. The second-order valence-corrected chi connectivity index (χ2v) is 5.88. The molecule has 1 unspecified atom stereocenters. The van der Waals surface area contributed by atoms with E-state index in [-0.39, 0.29) is 6.04 Å². The van der Waals surface area contributed by atoms with Crippen LogP contribution in [0.25, 0.3) is 0 Å². The monoisotopic (exact) mass is 335 g/mol. The van der Waals surface area contributed by atoms with Crippen LogP contribution < -0.4 is 5.32 Å². The molecule has 0 aliphatic rings. The quantitative estimate of drug-likeness (QED) is 0.862. The maximum absolute atomic E-state index is 4.40. The molecule has 0 radical (unpaired) electrons. The van der Waals surface area contributed by atoms with Crippen molar-refractivity contribution >= 4 is 15.9 Å². The summed E-state index contributed by atoms with van der Waals surface area (Å²) in [7, 11) is 0. The highest BCUT2D eigenvalue weighted by atomic mass is 79.9. The van der Waals surface area contributed by atoms with Crippen LogP contribution >= 0.6 is 15.9 Å². The molecule has 1 atom stereocenters. The molecule has 3 nitrogen and oxygen atoms in total. The lowest BCUT2D eigenvalue weighted by Crippen LogP contribution is -2.26. The Morgan fingerprint density at radius 3 is 2.75 bits per heavy atom. The fraction of sp³-hybridized carbons (Fsp3) is 0.438. The van der Waals surface area contributed by atoms with Gasteiger partial charge in [0.2, 0.25) is 0 Å². The zero-order valence-electron chi connectivity index (χ0n) is 12.4. The van der Waals surface area contributed by atoms with Gasteiger partial charge in [-0.1, -0.05) is 28.9 Å². The Morgan fingerprint density at radius 2 is 2.10 bits per heavy atom. The van der Waals surface area contributed by atoms with Crippen LogP contribution in [0.5, 0.6) is 0 Å². The molecule has 0 saturated heterocycles. The topological polar surface area (TPSA) is 29.9 Å². The molecule has 0 aliphatic carbocycles. The number of nitrogens with one attached hydrogen (secondary N) is 1. The molecule has 2 aromatic rings. The van der Waals surface area contributed by atoms with Crippen molar-refractivity contribution in [2.24, 2.45) is 0 Å². The summed E-state index contributed by atoms with van der Waals surface area (Å²) in [4.78, 5) is 0. The SMILES string of the molecule is CCCNC(c1ccc(Br)cc1C)c1ccnn1CC. The van der Waals surface area contributed by atoms with E-state index < -0.39 is 0 Å². The molecule has 1 aromatic carbocycles. The van der Waals surface area contributed by atoms with E-state index in [1.54, 1.807) is 0 Å². The van der Waals surface area contributed by atoms with E-state index >= 15 is 0 Å². The lowest BCUT2D eigenvalue weighted by Gasteiger charge is -2.22. The molecule has 1 N–H and O–H groups in total. The van der Waals surface area contributed by atoms with E-state index in [1.165, 1.54) is 16.8 Å². The predicted molar refractivity (Wildman–Crippen MR) is 86.9 cm³/mol. The zero-order valence-corrected chi connectivity index (χ0v) is 13.9. The predicted octanol–water partition coefficient (Wildman–Crippen LogP) is 4.06. The van der Waals surface area contributed by atoms with Crippen LogP contribution in [0, 0.1) is 6.92 Å². The van der Waals surface area contributed by atoms with E-state index in [9.17, 15) is 0 Å². The van der Waals surface area contributed by atoms with Gasteiger partial charge >= 0.3 is 0 Å². The van der Waals surface area contributed by atoms with Crippen molar-refractivity contribution in [3.63, 3.8) is 0 Å². The van der Waals surface area contributed by atoms with Crippen molar-refractivity contribution in [1.29, 1.82) is 0 Å². The first-order valence-electron chi connectivity index (χ1n) is 7.18. The molecule has 20 heavy (non-hydrogen) atoms. The lowest BCUT2D eigenvalue weighted by atomic mass is 9.98. The number of benzene rings is 1. The van der Waals surface area contributed by atoms with E-state index in [0.29, 0.717) is 0 Å². The van der Waals surface area contributed by atoms with Crippen LogP contribution in [0.3, 0.4) is 0 Å². The zero-order chi connectivity index (χ0) is 14.5. The summed E-state index contributed by atoms with van der Waals surface area (Å²) in [6.07, 6.45) is 3.00. The van der Waals surface area contributed by atoms with Gasteiger partial charge in [0.05, 0.1) is 11.7 Å². The number of halogens is 1. The van der Waals surface area contributed by atoms with E-state index in [4.69, 9.17) is 0 Å².